The van der Waals surface area contributed by atoms with Crippen LogP contribution in [-0.2, 0) is 37.9 Å². The number of hydrogen-bond donors (Lipinski definition) is 0. The number of furan rings is 2. The fourth-order valence-electron chi connectivity index (χ4n) is 13.5. The number of nitrogens with zero attached hydrogens (tertiary/aromatic N) is 2. The lowest BCUT2D eigenvalue weighted by atomic mass is 9.63. The molecule has 2 aromatic heterocycles. The van der Waals surface area contributed by atoms with E-state index in [1.54, 1.807) is 0 Å². The number of benzene rings is 7. The van der Waals surface area contributed by atoms with Crippen LogP contribution in [0.1, 0.15) is 181 Å². The van der Waals surface area contributed by atoms with Gasteiger partial charge < -0.3 is 18.6 Å². The topological polar surface area (TPSA) is 32.8 Å². The van der Waals surface area contributed by atoms with Crippen LogP contribution in [0.4, 0.5) is 34.1 Å². The normalized spacial score (nSPS) is 19.1. The molecule has 0 saturated heterocycles. The van der Waals surface area contributed by atoms with Gasteiger partial charge in [-0.25, -0.2) is 0 Å². The molecule has 0 aliphatic heterocycles. The number of para-hydroxylation sites is 1. The molecule has 12 rings (SSSR count). The lowest BCUT2D eigenvalue weighted by Crippen LogP contribution is -2.34. The molecule has 0 fully saturated rings. The standard InChI is InChI=1S/C70H78N2O2/c1-64(2,3)43-35-47(71(44-24-27-52-54(38-44)67(8,9)31-29-65(52,4)5)45-25-28-53-55(39-45)68(10,11)32-30-66(53,6)7)37-48(36-43)72(58-20-18-22-60-63(58)50-19-16-17-21-59(50)73-60)46-23-26-49-51-41-56-57(42-62(51)74-61(49)40-46)70(14,15)34-33-69(56,12)13/h16-28,35-42H,29-34H2,1-15H3. The van der Waals surface area contributed by atoms with Gasteiger partial charge in [0.15, 0.2) is 0 Å². The van der Waals surface area contributed by atoms with Crippen molar-refractivity contribution in [3.63, 3.8) is 0 Å². The summed E-state index contributed by atoms with van der Waals surface area (Å²) in [6, 6.07) is 48.9. The Morgan fingerprint density at radius 2 is 0.784 bits per heavy atom. The Labute approximate surface area is 441 Å². The molecule has 74 heavy (non-hydrogen) atoms. The summed E-state index contributed by atoms with van der Waals surface area (Å²) in [5.74, 6) is 0. The van der Waals surface area contributed by atoms with Crippen LogP contribution in [0.15, 0.2) is 136 Å². The van der Waals surface area contributed by atoms with Gasteiger partial charge in [0.2, 0.25) is 0 Å². The zero-order valence-electron chi connectivity index (χ0n) is 47.1. The van der Waals surface area contributed by atoms with Crippen molar-refractivity contribution in [3.8, 4) is 0 Å². The minimum atomic E-state index is -0.191. The Morgan fingerprint density at radius 1 is 0.338 bits per heavy atom. The quantitative estimate of drug-likeness (QED) is 0.166. The highest BCUT2D eigenvalue weighted by Crippen LogP contribution is 2.54. The minimum absolute atomic E-state index is 0.0384. The Balaban J connectivity index is 1.13. The molecule has 0 bridgehead atoms. The molecule has 4 nitrogen and oxygen atoms in total. The first-order chi connectivity index (χ1) is 34.7. The van der Waals surface area contributed by atoms with Gasteiger partial charge in [0.05, 0.1) is 11.1 Å². The average Bonchev–Trinajstić information content (AvgIpc) is 3.91. The SMILES string of the molecule is CC(C)(C)c1cc(N(c2ccc3c(c2)C(C)(C)CCC3(C)C)c2ccc3c(c2)C(C)(C)CCC3(C)C)cc(N(c2ccc3c(c2)oc2cc4c(cc23)C(C)(C)CCC4(C)C)c2cccc3oc4ccccc4c23)c1. The van der Waals surface area contributed by atoms with Crippen molar-refractivity contribution in [2.75, 3.05) is 9.80 Å². The number of rotatable bonds is 6. The molecule has 380 valence electrons. The van der Waals surface area contributed by atoms with Crippen molar-refractivity contribution in [1.29, 1.82) is 0 Å². The maximum Gasteiger partial charge on any atom is 0.137 e. The van der Waals surface area contributed by atoms with E-state index in [4.69, 9.17) is 8.83 Å². The zero-order chi connectivity index (χ0) is 52.3. The largest absolute Gasteiger partial charge is 0.456 e. The van der Waals surface area contributed by atoms with Crippen LogP contribution >= 0.6 is 0 Å². The fraction of sp³-hybridized carbons (Fsp3) is 0.400. The summed E-state index contributed by atoms with van der Waals surface area (Å²) >= 11 is 0. The summed E-state index contributed by atoms with van der Waals surface area (Å²) < 4.78 is 13.7. The smallest absolute Gasteiger partial charge is 0.137 e. The molecule has 9 aromatic rings. The summed E-state index contributed by atoms with van der Waals surface area (Å²) in [5.41, 5.74) is 20.4. The number of hydrogen-bond acceptors (Lipinski definition) is 4. The fourth-order valence-corrected chi connectivity index (χ4v) is 13.5. The molecule has 0 unspecified atom stereocenters. The number of fused-ring (bicyclic) bond motifs is 9. The third-order valence-corrected chi connectivity index (χ3v) is 18.8. The highest BCUT2D eigenvalue weighted by molar-refractivity contribution is 6.14. The predicted molar refractivity (Wildman–Crippen MR) is 315 cm³/mol. The molecule has 0 N–H and O–H groups in total. The summed E-state index contributed by atoms with van der Waals surface area (Å²) in [6.07, 6.45) is 6.98. The van der Waals surface area contributed by atoms with Gasteiger partial charge >= 0.3 is 0 Å². The summed E-state index contributed by atoms with van der Waals surface area (Å²) in [4.78, 5) is 5.05. The van der Waals surface area contributed by atoms with Crippen LogP contribution < -0.4 is 9.80 Å². The molecule has 3 aliphatic carbocycles. The van der Waals surface area contributed by atoms with E-state index in [1.807, 2.05) is 0 Å². The molecule has 0 saturated carbocycles. The summed E-state index contributed by atoms with van der Waals surface area (Å²) in [6.45, 7) is 36.2. The zero-order valence-corrected chi connectivity index (χ0v) is 47.1. The van der Waals surface area contributed by atoms with Crippen LogP contribution in [0, 0.1) is 0 Å². The molecule has 2 heterocycles. The first kappa shape index (κ1) is 48.7. The maximum absolute atomic E-state index is 7.04. The van der Waals surface area contributed by atoms with E-state index in [-0.39, 0.29) is 37.9 Å². The van der Waals surface area contributed by atoms with E-state index in [9.17, 15) is 0 Å². The van der Waals surface area contributed by atoms with E-state index in [0.717, 1.165) is 80.5 Å². The lowest BCUT2D eigenvalue weighted by Gasteiger charge is -2.43. The molecule has 0 amide bonds. The lowest BCUT2D eigenvalue weighted by molar-refractivity contribution is 0.332. The van der Waals surface area contributed by atoms with Gasteiger partial charge in [-0.2, -0.15) is 0 Å². The van der Waals surface area contributed by atoms with Gasteiger partial charge in [-0.1, -0.05) is 140 Å². The molecule has 0 atom stereocenters. The Morgan fingerprint density at radius 3 is 1.35 bits per heavy atom. The van der Waals surface area contributed by atoms with Crippen molar-refractivity contribution in [2.24, 2.45) is 0 Å². The molecule has 3 aliphatic rings. The third-order valence-electron chi connectivity index (χ3n) is 18.8. The van der Waals surface area contributed by atoms with E-state index >= 15 is 0 Å². The van der Waals surface area contributed by atoms with Crippen molar-refractivity contribution in [3.05, 3.63) is 166 Å². The van der Waals surface area contributed by atoms with E-state index < -0.39 is 0 Å². The second kappa shape index (κ2) is 16.1. The van der Waals surface area contributed by atoms with Gasteiger partial charge in [-0.3, -0.25) is 0 Å². The van der Waals surface area contributed by atoms with E-state index in [2.05, 4.69) is 241 Å². The van der Waals surface area contributed by atoms with Gasteiger partial charge in [0.25, 0.3) is 0 Å². The Hall–Kier alpha value is -6.26. The van der Waals surface area contributed by atoms with Gasteiger partial charge in [-0.15, -0.1) is 0 Å². The highest BCUT2D eigenvalue weighted by atomic mass is 16.3. The molecular weight excluding hydrogens is 901 g/mol. The second-order valence-electron chi connectivity index (χ2n) is 27.8. The summed E-state index contributed by atoms with van der Waals surface area (Å²) in [5, 5.41) is 4.51. The van der Waals surface area contributed by atoms with E-state index in [1.165, 1.54) is 75.0 Å². The van der Waals surface area contributed by atoms with Gasteiger partial charge in [-0.05, 0) is 200 Å². The van der Waals surface area contributed by atoms with Crippen molar-refractivity contribution in [2.45, 2.75) is 180 Å². The Kier molecular flexibility index (Phi) is 10.6. The van der Waals surface area contributed by atoms with Crippen LogP contribution in [0.5, 0.6) is 0 Å². The third kappa shape index (κ3) is 7.73. The predicted octanol–water partition coefficient (Wildman–Crippen LogP) is 20.8. The molecular formula is C70H78N2O2. The molecule has 0 radical (unpaired) electrons. The van der Waals surface area contributed by atoms with Crippen molar-refractivity contribution in [1.82, 2.24) is 0 Å². The molecule has 0 spiro atoms. The monoisotopic (exact) mass is 979 g/mol. The molecule has 7 aromatic carbocycles. The van der Waals surface area contributed by atoms with Gasteiger partial charge in [0.1, 0.15) is 22.3 Å². The molecule has 4 heteroatoms. The van der Waals surface area contributed by atoms with Crippen molar-refractivity contribution < 1.29 is 8.83 Å². The van der Waals surface area contributed by atoms with Crippen LogP contribution in [-0.4, -0.2) is 0 Å². The highest BCUT2D eigenvalue weighted by Gasteiger charge is 2.41. The van der Waals surface area contributed by atoms with Crippen LogP contribution in [0.2, 0.25) is 0 Å². The average molecular weight is 979 g/mol. The van der Waals surface area contributed by atoms with Crippen LogP contribution in [0.3, 0.4) is 0 Å². The van der Waals surface area contributed by atoms with Gasteiger partial charge in [0, 0.05) is 50.7 Å². The first-order valence-corrected chi connectivity index (χ1v) is 27.7. The van der Waals surface area contributed by atoms with Crippen LogP contribution in [0.25, 0.3) is 43.9 Å². The summed E-state index contributed by atoms with van der Waals surface area (Å²) in [7, 11) is 0. The maximum atomic E-state index is 7.04. The van der Waals surface area contributed by atoms with Crippen molar-refractivity contribution >= 4 is 78.0 Å². The Bertz CT molecular complexity index is 3670. The van der Waals surface area contributed by atoms with E-state index in [0.29, 0.717) is 0 Å². The number of anilines is 6. The second-order valence-corrected chi connectivity index (χ2v) is 27.8. The minimum Gasteiger partial charge on any atom is -0.456 e. The first-order valence-electron chi connectivity index (χ1n) is 27.7.